The minimum Gasteiger partial charge on any atom is -0.335 e. The van der Waals surface area contributed by atoms with E-state index in [1.54, 1.807) is 22.1 Å². The number of nitrogens with zero attached hydrogens (tertiary/aromatic N) is 4. The average Bonchev–Trinajstić information content (AvgIpc) is 2.64. The summed E-state index contributed by atoms with van der Waals surface area (Å²) in [5, 5.41) is 0. The second kappa shape index (κ2) is 7.64. The van der Waals surface area contributed by atoms with Crippen molar-refractivity contribution in [3.8, 4) is 0 Å². The van der Waals surface area contributed by atoms with Crippen LogP contribution in [0.25, 0.3) is 0 Å². The van der Waals surface area contributed by atoms with E-state index in [1.807, 2.05) is 45.0 Å². The highest BCUT2D eigenvalue weighted by atomic mass is 16.2. The fraction of sp³-hybridized carbons (Fsp3) is 0.400. The lowest BCUT2D eigenvalue weighted by atomic mass is 10.1. The van der Waals surface area contributed by atoms with Crippen LogP contribution in [0.5, 0.6) is 0 Å². The summed E-state index contributed by atoms with van der Waals surface area (Å²) < 4.78 is 0. The first-order valence-electron chi connectivity index (χ1n) is 8.89. The Morgan fingerprint density at radius 2 is 1.88 bits per heavy atom. The van der Waals surface area contributed by atoms with E-state index in [0.717, 1.165) is 5.56 Å². The van der Waals surface area contributed by atoms with Crippen molar-refractivity contribution in [1.82, 2.24) is 19.8 Å². The summed E-state index contributed by atoms with van der Waals surface area (Å²) in [5.41, 5.74) is 2.64. The van der Waals surface area contributed by atoms with Crippen LogP contribution in [0.4, 0.5) is 0 Å². The lowest BCUT2D eigenvalue weighted by Crippen LogP contribution is -2.52. The standard InChI is InChI=1S/C20H24N4O2/c1-14(2)19-21-9-8-17(22-19)20(26)24-11-10-23(18(25)13-24)12-16-6-4-15(3)5-7-16/h4-9,14H,10-13H2,1-3H3. The molecule has 1 aromatic heterocycles. The Bertz CT molecular complexity index is 802. The van der Waals surface area contributed by atoms with E-state index in [2.05, 4.69) is 9.97 Å². The highest BCUT2D eigenvalue weighted by Gasteiger charge is 2.28. The molecular weight excluding hydrogens is 328 g/mol. The largest absolute Gasteiger partial charge is 0.335 e. The first-order valence-corrected chi connectivity index (χ1v) is 8.89. The second-order valence-corrected chi connectivity index (χ2v) is 6.98. The second-order valence-electron chi connectivity index (χ2n) is 6.98. The van der Waals surface area contributed by atoms with Crippen LogP contribution in [-0.4, -0.2) is 51.2 Å². The van der Waals surface area contributed by atoms with Gasteiger partial charge < -0.3 is 9.80 Å². The Morgan fingerprint density at radius 1 is 1.15 bits per heavy atom. The zero-order chi connectivity index (χ0) is 18.7. The van der Waals surface area contributed by atoms with Gasteiger partial charge in [-0.25, -0.2) is 9.97 Å². The minimum absolute atomic E-state index is 0.0386. The molecular formula is C20H24N4O2. The van der Waals surface area contributed by atoms with Crippen molar-refractivity contribution in [2.24, 2.45) is 0 Å². The lowest BCUT2D eigenvalue weighted by Gasteiger charge is -2.34. The number of aromatic nitrogens is 2. The molecule has 6 heteroatoms. The predicted octanol–water partition coefficient (Wildman–Crippen LogP) is 2.39. The monoisotopic (exact) mass is 352 g/mol. The number of hydrogen-bond acceptors (Lipinski definition) is 4. The van der Waals surface area contributed by atoms with Crippen LogP contribution in [0.15, 0.2) is 36.5 Å². The van der Waals surface area contributed by atoms with Crippen LogP contribution < -0.4 is 0 Å². The van der Waals surface area contributed by atoms with Crippen LogP contribution in [0, 0.1) is 6.92 Å². The third-order valence-electron chi connectivity index (χ3n) is 4.51. The van der Waals surface area contributed by atoms with Gasteiger partial charge in [0.2, 0.25) is 5.91 Å². The zero-order valence-corrected chi connectivity index (χ0v) is 15.5. The summed E-state index contributed by atoms with van der Waals surface area (Å²) in [5.74, 6) is 0.539. The summed E-state index contributed by atoms with van der Waals surface area (Å²) in [4.78, 5) is 37.1. The molecule has 2 amide bonds. The molecule has 26 heavy (non-hydrogen) atoms. The van der Waals surface area contributed by atoms with Gasteiger partial charge in [0.1, 0.15) is 18.1 Å². The Morgan fingerprint density at radius 3 is 2.54 bits per heavy atom. The van der Waals surface area contributed by atoms with E-state index in [1.165, 1.54) is 5.56 Å². The molecule has 0 bridgehead atoms. The average molecular weight is 352 g/mol. The number of carbonyl (C=O) groups is 2. The molecule has 1 aliphatic rings. The van der Waals surface area contributed by atoms with E-state index >= 15 is 0 Å². The van der Waals surface area contributed by atoms with Crippen molar-refractivity contribution in [3.63, 3.8) is 0 Å². The number of aryl methyl sites for hydroxylation is 1. The zero-order valence-electron chi connectivity index (χ0n) is 15.5. The van der Waals surface area contributed by atoms with Gasteiger partial charge in [-0.3, -0.25) is 9.59 Å². The molecule has 0 unspecified atom stereocenters. The molecule has 1 fully saturated rings. The summed E-state index contributed by atoms with van der Waals surface area (Å²) in [6.07, 6.45) is 1.60. The first-order chi connectivity index (χ1) is 12.4. The fourth-order valence-electron chi connectivity index (χ4n) is 2.90. The van der Waals surface area contributed by atoms with Crippen LogP contribution in [0.3, 0.4) is 0 Å². The highest BCUT2D eigenvalue weighted by molar-refractivity contribution is 5.95. The molecule has 136 valence electrons. The highest BCUT2D eigenvalue weighted by Crippen LogP contribution is 2.14. The number of hydrogen-bond donors (Lipinski definition) is 0. The van der Waals surface area contributed by atoms with Gasteiger partial charge in [-0.2, -0.15) is 0 Å². The SMILES string of the molecule is Cc1ccc(CN2CCN(C(=O)c3ccnc(C(C)C)n3)CC2=O)cc1. The maximum atomic E-state index is 12.7. The Kier molecular flexibility index (Phi) is 5.30. The smallest absolute Gasteiger partial charge is 0.273 e. The molecule has 1 aliphatic heterocycles. The maximum Gasteiger partial charge on any atom is 0.273 e. The van der Waals surface area contributed by atoms with E-state index < -0.39 is 0 Å². The van der Waals surface area contributed by atoms with Crippen molar-refractivity contribution in [2.75, 3.05) is 19.6 Å². The Hall–Kier alpha value is -2.76. The quantitative estimate of drug-likeness (QED) is 0.847. The van der Waals surface area contributed by atoms with Gasteiger partial charge in [0.25, 0.3) is 5.91 Å². The molecule has 0 saturated carbocycles. The Balaban J connectivity index is 1.64. The van der Waals surface area contributed by atoms with Crippen LogP contribution >= 0.6 is 0 Å². The number of carbonyl (C=O) groups excluding carboxylic acids is 2. The predicted molar refractivity (Wildman–Crippen MR) is 98.6 cm³/mol. The van der Waals surface area contributed by atoms with Crippen molar-refractivity contribution in [2.45, 2.75) is 33.2 Å². The molecule has 2 aromatic rings. The van der Waals surface area contributed by atoms with E-state index in [0.29, 0.717) is 31.2 Å². The van der Waals surface area contributed by atoms with Gasteiger partial charge in [-0.1, -0.05) is 43.7 Å². The van der Waals surface area contributed by atoms with Crippen molar-refractivity contribution >= 4 is 11.8 Å². The first kappa shape index (κ1) is 18.0. The number of piperazine rings is 1. The number of benzene rings is 1. The van der Waals surface area contributed by atoms with Gasteiger partial charge in [0.15, 0.2) is 0 Å². The Labute approximate surface area is 153 Å². The van der Waals surface area contributed by atoms with Crippen LogP contribution in [0.2, 0.25) is 0 Å². The van der Waals surface area contributed by atoms with Gasteiger partial charge in [0, 0.05) is 31.7 Å². The van der Waals surface area contributed by atoms with Gasteiger partial charge in [-0.05, 0) is 18.6 Å². The lowest BCUT2D eigenvalue weighted by molar-refractivity contribution is -0.135. The summed E-state index contributed by atoms with van der Waals surface area (Å²) in [7, 11) is 0. The van der Waals surface area contributed by atoms with E-state index in [4.69, 9.17) is 0 Å². The molecule has 0 radical (unpaired) electrons. The molecule has 1 saturated heterocycles. The minimum atomic E-state index is -0.211. The summed E-state index contributed by atoms with van der Waals surface area (Å²) in [6.45, 7) is 7.71. The molecule has 2 heterocycles. The molecule has 6 nitrogen and oxygen atoms in total. The van der Waals surface area contributed by atoms with Gasteiger partial charge in [0.05, 0.1) is 0 Å². The van der Waals surface area contributed by atoms with E-state index in [-0.39, 0.29) is 24.3 Å². The normalized spacial score (nSPS) is 14.8. The maximum absolute atomic E-state index is 12.7. The fourth-order valence-corrected chi connectivity index (χ4v) is 2.90. The number of rotatable bonds is 4. The molecule has 0 atom stereocenters. The molecule has 0 spiro atoms. The molecule has 3 rings (SSSR count). The molecule has 1 aromatic carbocycles. The summed E-state index contributed by atoms with van der Waals surface area (Å²) in [6, 6.07) is 9.77. The third kappa shape index (κ3) is 4.07. The van der Waals surface area contributed by atoms with Gasteiger partial charge in [-0.15, -0.1) is 0 Å². The topological polar surface area (TPSA) is 66.4 Å². The molecule has 0 aliphatic carbocycles. The number of amides is 2. The van der Waals surface area contributed by atoms with Crippen molar-refractivity contribution in [3.05, 3.63) is 59.2 Å². The van der Waals surface area contributed by atoms with Gasteiger partial charge >= 0.3 is 0 Å². The molecule has 0 N–H and O–H groups in total. The van der Waals surface area contributed by atoms with Crippen LogP contribution in [0.1, 0.15) is 47.2 Å². The van der Waals surface area contributed by atoms with Crippen molar-refractivity contribution < 1.29 is 9.59 Å². The third-order valence-corrected chi connectivity index (χ3v) is 4.51. The van der Waals surface area contributed by atoms with E-state index in [9.17, 15) is 9.59 Å². The van der Waals surface area contributed by atoms with Crippen molar-refractivity contribution in [1.29, 1.82) is 0 Å². The summed E-state index contributed by atoms with van der Waals surface area (Å²) >= 11 is 0. The van der Waals surface area contributed by atoms with Crippen LogP contribution in [-0.2, 0) is 11.3 Å².